The summed E-state index contributed by atoms with van der Waals surface area (Å²) in [4.78, 5) is 30.7. The summed E-state index contributed by atoms with van der Waals surface area (Å²) in [6.07, 6.45) is 5.89. The largest absolute Gasteiger partial charge is 0.341 e. The monoisotopic (exact) mass is 480 g/mol. The molecule has 0 aromatic heterocycles. The predicted molar refractivity (Wildman–Crippen MR) is 131 cm³/mol. The second-order valence-electron chi connectivity index (χ2n) is 8.92. The standard InChI is InChI=1S/C24H40N4O4S/c1-5-13-26(20(2)18-21-9-11-22(12-10-21)33(4,31)32)14-6-7-15-27-16-8-17-28(19-23(27)29)24(30)25-3/h9-12,20H,5-8,13-19H2,1-4H3,(H,25,30). The Morgan fingerprint density at radius 2 is 1.85 bits per heavy atom. The lowest BCUT2D eigenvalue weighted by atomic mass is 10.1. The molecule has 1 atom stereocenters. The zero-order chi connectivity index (χ0) is 24.4. The van der Waals surface area contributed by atoms with E-state index in [0.29, 0.717) is 24.0 Å². The molecule has 1 fully saturated rings. The highest BCUT2D eigenvalue weighted by Crippen LogP contribution is 2.15. The number of amides is 3. The Hall–Kier alpha value is -2.13. The van der Waals surface area contributed by atoms with Gasteiger partial charge in [0.15, 0.2) is 9.84 Å². The molecule has 9 heteroatoms. The van der Waals surface area contributed by atoms with Gasteiger partial charge in [0.05, 0.1) is 4.90 Å². The Labute approximate surface area is 199 Å². The number of unbranched alkanes of at least 4 members (excludes halogenated alkanes) is 1. The van der Waals surface area contributed by atoms with E-state index in [-0.39, 0.29) is 18.5 Å². The fourth-order valence-corrected chi connectivity index (χ4v) is 4.92. The second kappa shape index (κ2) is 12.9. The van der Waals surface area contributed by atoms with Crippen LogP contribution in [0.15, 0.2) is 29.2 Å². The zero-order valence-electron chi connectivity index (χ0n) is 20.5. The van der Waals surface area contributed by atoms with E-state index in [4.69, 9.17) is 0 Å². The van der Waals surface area contributed by atoms with Crippen LogP contribution in [0, 0.1) is 0 Å². The third kappa shape index (κ3) is 8.62. The number of sulfone groups is 1. The number of hydrogen-bond acceptors (Lipinski definition) is 5. The first kappa shape index (κ1) is 27.1. The van der Waals surface area contributed by atoms with Crippen LogP contribution in [-0.4, -0.2) is 93.7 Å². The summed E-state index contributed by atoms with van der Waals surface area (Å²) in [6, 6.07) is 7.33. The van der Waals surface area contributed by atoms with Crippen molar-refractivity contribution in [3.63, 3.8) is 0 Å². The summed E-state index contributed by atoms with van der Waals surface area (Å²) in [7, 11) is -1.59. The molecule has 33 heavy (non-hydrogen) atoms. The number of nitrogens with zero attached hydrogens (tertiary/aromatic N) is 3. The molecule has 1 saturated heterocycles. The van der Waals surface area contributed by atoms with Crippen LogP contribution in [0.4, 0.5) is 4.79 Å². The molecular weight excluding hydrogens is 440 g/mol. The van der Waals surface area contributed by atoms with E-state index in [1.807, 2.05) is 17.0 Å². The molecule has 0 saturated carbocycles. The van der Waals surface area contributed by atoms with Gasteiger partial charge in [0.2, 0.25) is 5.91 Å². The molecular formula is C24H40N4O4S. The highest BCUT2D eigenvalue weighted by atomic mass is 32.2. The Morgan fingerprint density at radius 1 is 1.15 bits per heavy atom. The van der Waals surface area contributed by atoms with Crippen LogP contribution in [0.1, 0.15) is 45.1 Å². The van der Waals surface area contributed by atoms with Crippen LogP contribution < -0.4 is 5.32 Å². The van der Waals surface area contributed by atoms with Crippen molar-refractivity contribution in [2.45, 2.75) is 56.9 Å². The van der Waals surface area contributed by atoms with Gasteiger partial charge < -0.3 is 20.0 Å². The minimum absolute atomic E-state index is 0.0208. The quantitative estimate of drug-likeness (QED) is 0.491. The highest BCUT2D eigenvalue weighted by molar-refractivity contribution is 7.90. The SMILES string of the molecule is CCCN(CCCCN1CCCN(C(=O)NC)CC1=O)C(C)Cc1ccc(S(C)(=O)=O)cc1. The Morgan fingerprint density at radius 3 is 2.45 bits per heavy atom. The molecule has 0 bridgehead atoms. The molecule has 3 amide bonds. The number of nitrogens with one attached hydrogen (secondary N) is 1. The maximum Gasteiger partial charge on any atom is 0.317 e. The Bertz CT molecular complexity index is 873. The lowest BCUT2D eigenvalue weighted by Crippen LogP contribution is -2.43. The Balaban J connectivity index is 1.82. The van der Waals surface area contributed by atoms with Crippen molar-refractivity contribution in [2.75, 3.05) is 52.6 Å². The molecule has 1 aromatic rings. The van der Waals surface area contributed by atoms with Gasteiger partial charge in [-0.15, -0.1) is 0 Å². The van der Waals surface area contributed by atoms with Crippen molar-refractivity contribution in [3.05, 3.63) is 29.8 Å². The van der Waals surface area contributed by atoms with E-state index in [1.165, 1.54) is 6.26 Å². The van der Waals surface area contributed by atoms with Crippen molar-refractivity contribution in [3.8, 4) is 0 Å². The third-order valence-electron chi connectivity index (χ3n) is 6.18. The van der Waals surface area contributed by atoms with Crippen LogP contribution in [0.5, 0.6) is 0 Å². The second-order valence-corrected chi connectivity index (χ2v) is 10.9. The first-order chi connectivity index (χ1) is 15.7. The summed E-state index contributed by atoms with van der Waals surface area (Å²) in [5, 5.41) is 2.60. The molecule has 1 aromatic carbocycles. The number of urea groups is 1. The summed E-state index contributed by atoms with van der Waals surface area (Å²) < 4.78 is 23.3. The van der Waals surface area contributed by atoms with E-state index in [9.17, 15) is 18.0 Å². The van der Waals surface area contributed by atoms with Crippen molar-refractivity contribution < 1.29 is 18.0 Å². The van der Waals surface area contributed by atoms with Crippen LogP contribution in [-0.2, 0) is 21.1 Å². The van der Waals surface area contributed by atoms with Crippen molar-refractivity contribution in [1.82, 2.24) is 20.0 Å². The maximum atomic E-state index is 12.5. The van der Waals surface area contributed by atoms with E-state index < -0.39 is 9.84 Å². The number of benzene rings is 1. The van der Waals surface area contributed by atoms with Crippen LogP contribution in [0.3, 0.4) is 0 Å². The van der Waals surface area contributed by atoms with Gasteiger partial charge in [-0.2, -0.15) is 0 Å². The van der Waals surface area contributed by atoms with Crippen LogP contribution >= 0.6 is 0 Å². The number of rotatable bonds is 11. The predicted octanol–water partition coefficient (Wildman–Crippen LogP) is 2.39. The molecule has 1 unspecified atom stereocenters. The summed E-state index contributed by atoms with van der Waals surface area (Å²) in [5.74, 6) is 0.0208. The summed E-state index contributed by atoms with van der Waals surface area (Å²) in [5.41, 5.74) is 1.13. The highest BCUT2D eigenvalue weighted by Gasteiger charge is 2.24. The molecule has 0 radical (unpaired) electrons. The summed E-state index contributed by atoms with van der Waals surface area (Å²) in [6.45, 7) is 8.54. The van der Waals surface area contributed by atoms with Gasteiger partial charge in [-0.3, -0.25) is 4.79 Å². The van der Waals surface area contributed by atoms with Gasteiger partial charge in [0, 0.05) is 39.0 Å². The molecule has 1 N–H and O–H groups in total. The third-order valence-corrected chi connectivity index (χ3v) is 7.30. The average molecular weight is 481 g/mol. The number of hydrogen-bond donors (Lipinski definition) is 1. The lowest BCUT2D eigenvalue weighted by Gasteiger charge is -2.29. The number of carbonyl (C=O) groups is 2. The molecule has 0 spiro atoms. The van der Waals surface area contributed by atoms with Gasteiger partial charge in [-0.1, -0.05) is 19.1 Å². The average Bonchev–Trinajstić information content (AvgIpc) is 2.96. The molecule has 0 aliphatic carbocycles. The van der Waals surface area contributed by atoms with E-state index in [2.05, 4.69) is 24.1 Å². The minimum atomic E-state index is -3.17. The van der Waals surface area contributed by atoms with Crippen molar-refractivity contribution in [2.24, 2.45) is 0 Å². The van der Waals surface area contributed by atoms with Gasteiger partial charge in [0.25, 0.3) is 0 Å². The van der Waals surface area contributed by atoms with E-state index in [1.54, 1.807) is 24.1 Å². The molecule has 186 valence electrons. The van der Waals surface area contributed by atoms with E-state index in [0.717, 1.165) is 57.3 Å². The number of carbonyl (C=O) groups excluding carboxylic acids is 2. The minimum Gasteiger partial charge on any atom is -0.341 e. The van der Waals surface area contributed by atoms with Crippen LogP contribution in [0.2, 0.25) is 0 Å². The zero-order valence-corrected chi connectivity index (χ0v) is 21.4. The smallest absolute Gasteiger partial charge is 0.317 e. The molecule has 1 heterocycles. The first-order valence-corrected chi connectivity index (χ1v) is 13.8. The first-order valence-electron chi connectivity index (χ1n) is 11.9. The van der Waals surface area contributed by atoms with Crippen molar-refractivity contribution in [1.29, 1.82) is 0 Å². The topological polar surface area (TPSA) is 90.0 Å². The van der Waals surface area contributed by atoms with Crippen LogP contribution in [0.25, 0.3) is 0 Å². The normalized spacial score (nSPS) is 16.1. The van der Waals surface area contributed by atoms with E-state index >= 15 is 0 Å². The molecule has 1 aliphatic rings. The fraction of sp³-hybridized carbons (Fsp3) is 0.667. The van der Waals surface area contributed by atoms with Gasteiger partial charge in [0.1, 0.15) is 6.54 Å². The molecule has 1 aliphatic heterocycles. The van der Waals surface area contributed by atoms with Crippen molar-refractivity contribution >= 4 is 21.8 Å². The maximum absolute atomic E-state index is 12.5. The summed E-state index contributed by atoms with van der Waals surface area (Å²) >= 11 is 0. The molecule has 2 rings (SSSR count). The molecule has 8 nitrogen and oxygen atoms in total. The Kier molecular flexibility index (Phi) is 10.6. The van der Waals surface area contributed by atoms with Gasteiger partial charge in [-0.25, -0.2) is 13.2 Å². The van der Waals surface area contributed by atoms with Gasteiger partial charge >= 0.3 is 6.03 Å². The van der Waals surface area contributed by atoms with Gasteiger partial charge in [-0.05, 0) is 69.8 Å². The lowest BCUT2D eigenvalue weighted by molar-refractivity contribution is -0.130. The fourth-order valence-electron chi connectivity index (χ4n) is 4.29.